The quantitative estimate of drug-likeness (QED) is 0.731. The standard InChI is InChI=1S/C18H18N4OS/c1-2-3-4-13-5-7-14(8-6-13)16-12-24-18(21-16)22-17(23)15-11-19-9-10-20-15/h5-12H,2-4H2,1H3,(H,21,22,23). The summed E-state index contributed by atoms with van der Waals surface area (Å²) in [7, 11) is 0. The van der Waals surface area contributed by atoms with Crippen molar-refractivity contribution in [1.82, 2.24) is 15.0 Å². The first kappa shape index (κ1) is 16.3. The van der Waals surface area contributed by atoms with Gasteiger partial charge in [0, 0.05) is 23.3 Å². The summed E-state index contributed by atoms with van der Waals surface area (Å²) < 4.78 is 0. The lowest BCUT2D eigenvalue weighted by Gasteiger charge is -2.02. The molecule has 0 unspecified atom stereocenters. The number of aromatic nitrogens is 3. The normalized spacial score (nSPS) is 10.5. The second-order valence-corrected chi connectivity index (χ2v) is 6.24. The summed E-state index contributed by atoms with van der Waals surface area (Å²) in [4.78, 5) is 24.4. The van der Waals surface area contributed by atoms with Crippen LogP contribution in [0.15, 0.2) is 48.2 Å². The third kappa shape index (κ3) is 4.02. The minimum Gasteiger partial charge on any atom is -0.296 e. The van der Waals surface area contributed by atoms with Gasteiger partial charge in [-0.05, 0) is 18.4 Å². The van der Waals surface area contributed by atoms with Gasteiger partial charge >= 0.3 is 0 Å². The first-order valence-electron chi connectivity index (χ1n) is 7.88. The number of rotatable bonds is 6. The van der Waals surface area contributed by atoms with Crippen molar-refractivity contribution in [2.45, 2.75) is 26.2 Å². The molecule has 122 valence electrons. The number of nitrogens with zero attached hydrogens (tertiary/aromatic N) is 3. The molecule has 3 aromatic rings. The summed E-state index contributed by atoms with van der Waals surface area (Å²) in [6.07, 6.45) is 7.95. The molecular formula is C18H18N4OS. The van der Waals surface area contributed by atoms with Gasteiger partial charge in [0.25, 0.3) is 5.91 Å². The molecule has 24 heavy (non-hydrogen) atoms. The molecule has 0 atom stereocenters. The molecule has 5 nitrogen and oxygen atoms in total. The van der Waals surface area contributed by atoms with E-state index in [-0.39, 0.29) is 11.6 Å². The second kappa shape index (κ2) is 7.79. The largest absolute Gasteiger partial charge is 0.296 e. The number of thiazole rings is 1. The first-order chi connectivity index (χ1) is 11.8. The van der Waals surface area contributed by atoms with E-state index in [1.54, 1.807) is 0 Å². The average Bonchev–Trinajstić information content (AvgIpc) is 3.09. The van der Waals surface area contributed by atoms with Gasteiger partial charge < -0.3 is 0 Å². The van der Waals surface area contributed by atoms with Gasteiger partial charge in [0.15, 0.2) is 5.13 Å². The number of carbonyl (C=O) groups excluding carboxylic acids is 1. The van der Waals surface area contributed by atoms with Crippen LogP contribution < -0.4 is 5.32 Å². The van der Waals surface area contributed by atoms with E-state index < -0.39 is 0 Å². The van der Waals surface area contributed by atoms with Gasteiger partial charge in [0.2, 0.25) is 0 Å². The fourth-order valence-electron chi connectivity index (χ4n) is 2.26. The van der Waals surface area contributed by atoms with Crippen molar-refractivity contribution in [3.05, 3.63) is 59.5 Å². The van der Waals surface area contributed by atoms with Crippen LogP contribution in [0.4, 0.5) is 5.13 Å². The third-order valence-electron chi connectivity index (χ3n) is 3.59. The molecule has 0 spiro atoms. The van der Waals surface area contributed by atoms with Crippen LogP contribution in [0.1, 0.15) is 35.8 Å². The second-order valence-electron chi connectivity index (χ2n) is 5.38. The van der Waals surface area contributed by atoms with E-state index in [1.165, 1.54) is 48.3 Å². The Bertz CT molecular complexity index is 799. The zero-order valence-electron chi connectivity index (χ0n) is 13.4. The van der Waals surface area contributed by atoms with Gasteiger partial charge in [0.05, 0.1) is 11.9 Å². The number of hydrogen-bond acceptors (Lipinski definition) is 5. The highest BCUT2D eigenvalue weighted by atomic mass is 32.1. The molecule has 0 fully saturated rings. The molecule has 0 aliphatic carbocycles. The summed E-state index contributed by atoms with van der Waals surface area (Å²) in [5, 5.41) is 5.24. The molecule has 3 rings (SSSR count). The molecular weight excluding hydrogens is 320 g/mol. The lowest BCUT2D eigenvalue weighted by molar-refractivity contribution is 0.102. The monoisotopic (exact) mass is 338 g/mol. The Morgan fingerprint density at radius 2 is 2.04 bits per heavy atom. The van der Waals surface area contributed by atoms with E-state index in [1.807, 2.05) is 5.38 Å². The van der Waals surface area contributed by atoms with Crippen LogP contribution in [0, 0.1) is 0 Å². The maximum absolute atomic E-state index is 12.1. The van der Waals surface area contributed by atoms with Crippen LogP contribution in [-0.2, 0) is 6.42 Å². The average molecular weight is 338 g/mol. The Labute approximate surface area is 144 Å². The molecule has 2 heterocycles. The van der Waals surface area contributed by atoms with E-state index in [0.717, 1.165) is 17.7 Å². The van der Waals surface area contributed by atoms with Crippen LogP contribution >= 0.6 is 11.3 Å². The predicted octanol–water partition coefficient (Wildman–Crippen LogP) is 4.20. The highest BCUT2D eigenvalue weighted by Gasteiger charge is 2.11. The van der Waals surface area contributed by atoms with Crippen LogP contribution in [0.3, 0.4) is 0 Å². The minimum atomic E-state index is -0.307. The molecule has 1 N–H and O–H groups in total. The van der Waals surface area contributed by atoms with Crippen molar-refractivity contribution in [2.24, 2.45) is 0 Å². The number of hydrogen-bond donors (Lipinski definition) is 1. The summed E-state index contributed by atoms with van der Waals surface area (Å²) >= 11 is 1.39. The Kier molecular flexibility index (Phi) is 5.28. The van der Waals surface area contributed by atoms with E-state index >= 15 is 0 Å². The molecule has 1 amide bonds. The van der Waals surface area contributed by atoms with Gasteiger partial charge in [-0.2, -0.15) is 0 Å². The van der Waals surface area contributed by atoms with E-state index in [2.05, 4.69) is 51.5 Å². The fraction of sp³-hybridized carbons (Fsp3) is 0.222. The van der Waals surface area contributed by atoms with Gasteiger partial charge in [0.1, 0.15) is 5.69 Å². The van der Waals surface area contributed by atoms with E-state index in [0.29, 0.717) is 5.13 Å². The van der Waals surface area contributed by atoms with Crippen LogP contribution in [0.5, 0.6) is 0 Å². The van der Waals surface area contributed by atoms with E-state index in [4.69, 9.17) is 0 Å². The van der Waals surface area contributed by atoms with Crippen LogP contribution in [-0.4, -0.2) is 20.9 Å². The lowest BCUT2D eigenvalue weighted by atomic mass is 10.1. The van der Waals surface area contributed by atoms with Crippen molar-refractivity contribution in [2.75, 3.05) is 5.32 Å². The van der Waals surface area contributed by atoms with Crippen molar-refractivity contribution in [3.63, 3.8) is 0 Å². The maximum atomic E-state index is 12.1. The summed E-state index contributed by atoms with van der Waals surface area (Å²) in [5.41, 5.74) is 3.52. The molecule has 6 heteroatoms. The Balaban J connectivity index is 1.68. The zero-order valence-corrected chi connectivity index (χ0v) is 14.2. The number of benzene rings is 1. The topological polar surface area (TPSA) is 67.8 Å². The SMILES string of the molecule is CCCCc1ccc(-c2csc(NC(=O)c3cnccn3)n2)cc1. The zero-order chi connectivity index (χ0) is 16.8. The molecule has 0 bridgehead atoms. The summed E-state index contributed by atoms with van der Waals surface area (Å²) in [6, 6.07) is 8.44. The predicted molar refractivity (Wildman–Crippen MR) is 96.1 cm³/mol. The molecule has 0 aliphatic rings. The van der Waals surface area contributed by atoms with Crippen LogP contribution in [0.25, 0.3) is 11.3 Å². The highest BCUT2D eigenvalue weighted by Crippen LogP contribution is 2.25. The third-order valence-corrected chi connectivity index (χ3v) is 4.35. The van der Waals surface area contributed by atoms with Gasteiger partial charge in [-0.1, -0.05) is 37.6 Å². The number of anilines is 1. The number of carbonyl (C=O) groups is 1. The highest BCUT2D eigenvalue weighted by molar-refractivity contribution is 7.14. The van der Waals surface area contributed by atoms with Crippen molar-refractivity contribution in [3.8, 4) is 11.3 Å². The van der Waals surface area contributed by atoms with Gasteiger partial charge in [-0.15, -0.1) is 11.3 Å². The molecule has 0 radical (unpaired) electrons. The molecule has 0 saturated carbocycles. The van der Waals surface area contributed by atoms with Crippen molar-refractivity contribution in [1.29, 1.82) is 0 Å². The smallest absolute Gasteiger partial charge is 0.277 e. The molecule has 1 aromatic carbocycles. The van der Waals surface area contributed by atoms with E-state index in [9.17, 15) is 4.79 Å². The Hall–Kier alpha value is -2.60. The number of unbranched alkanes of at least 4 members (excludes halogenated alkanes) is 1. The number of nitrogens with one attached hydrogen (secondary N) is 1. The maximum Gasteiger partial charge on any atom is 0.277 e. The first-order valence-corrected chi connectivity index (χ1v) is 8.76. The van der Waals surface area contributed by atoms with Gasteiger partial charge in [-0.3, -0.25) is 15.1 Å². The van der Waals surface area contributed by atoms with Gasteiger partial charge in [-0.25, -0.2) is 9.97 Å². The Morgan fingerprint density at radius 3 is 2.75 bits per heavy atom. The fourth-order valence-corrected chi connectivity index (χ4v) is 2.98. The van der Waals surface area contributed by atoms with Crippen molar-refractivity contribution >= 4 is 22.4 Å². The lowest BCUT2D eigenvalue weighted by Crippen LogP contribution is -2.13. The number of aryl methyl sites for hydroxylation is 1. The van der Waals surface area contributed by atoms with Crippen molar-refractivity contribution < 1.29 is 4.79 Å². The summed E-state index contributed by atoms with van der Waals surface area (Å²) in [5.74, 6) is -0.307. The number of amides is 1. The minimum absolute atomic E-state index is 0.273. The molecule has 2 aromatic heterocycles. The van der Waals surface area contributed by atoms with Crippen LogP contribution in [0.2, 0.25) is 0 Å². The molecule has 0 saturated heterocycles. The molecule has 0 aliphatic heterocycles. The summed E-state index contributed by atoms with van der Waals surface area (Å²) in [6.45, 7) is 2.19. The Morgan fingerprint density at radius 1 is 1.21 bits per heavy atom.